The van der Waals surface area contributed by atoms with E-state index in [9.17, 15) is 0 Å². The third-order valence-corrected chi connectivity index (χ3v) is 4.66. The molecule has 1 heterocycles. The Morgan fingerprint density at radius 2 is 1.90 bits per heavy atom. The Bertz CT molecular complexity index is 621. The molecule has 2 nitrogen and oxygen atoms in total. The van der Waals surface area contributed by atoms with Crippen LogP contribution in [0.1, 0.15) is 35.1 Å². The normalized spacial score (nSPS) is 27.1. The lowest BCUT2D eigenvalue weighted by molar-refractivity contribution is 0.0968. The Balaban J connectivity index is 1.85. The fourth-order valence-corrected chi connectivity index (χ4v) is 3.80. The number of rotatable bonds is 2. The van der Waals surface area contributed by atoms with Crippen LogP contribution in [0.2, 0.25) is 0 Å². The van der Waals surface area contributed by atoms with Crippen molar-refractivity contribution in [2.24, 2.45) is 5.92 Å². The van der Waals surface area contributed by atoms with Gasteiger partial charge in [0.25, 0.3) is 0 Å². The Morgan fingerprint density at radius 3 is 2.70 bits per heavy atom. The monoisotopic (exact) mass is 266 g/mol. The fraction of sp³-hybridized carbons (Fsp3) is 0.333. The van der Waals surface area contributed by atoms with Gasteiger partial charge in [-0.1, -0.05) is 36.4 Å². The molecule has 2 aromatic carbocycles. The van der Waals surface area contributed by atoms with Gasteiger partial charge in [-0.2, -0.15) is 0 Å². The third kappa shape index (κ3) is 1.68. The van der Waals surface area contributed by atoms with Crippen LogP contribution >= 0.6 is 0 Å². The van der Waals surface area contributed by atoms with Crippen molar-refractivity contribution < 1.29 is 9.47 Å². The summed E-state index contributed by atoms with van der Waals surface area (Å²) in [5.41, 5.74) is 4.13. The fourth-order valence-electron chi connectivity index (χ4n) is 3.80. The summed E-state index contributed by atoms with van der Waals surface area (Å²) in [4.78, 5) is 0. The molecule has 20 heavy (non-hydrogen) atoms. The van der Waals surface area contributed by atoms with E-state index in [1.54, 1.807) is 7.11 Å². The molecule has 0 radical (unpaired) electrons. The van der Waals surface area contributed by atoms with Crippen molar-refractivity contribution in [3.05, 3.63) is 65.2 Å². The number of hydrogen-bond acceptors (Lipinski definition) is 2. The smallest absolute Gasteiger partial charge is 0.119 e. The maximum Gasteiger partial charge on any atom is 0.119 e. The highest BCUT2D eigenvalue weighted by Crippen LogP contribution is 2.55. The molecule has 1 aliphatic heterocycles. The highest BCUT2D eigenvalue weighted by Gasteiger charge is 2.45. The lowest BCUT2D eigenvalue weighted by Gasteiger charge is -2.18. The molecule has 1 fully saturated rings. The summed E-state index contributed by atoms with van der Waals surface area (Å²) in [5.74, 6) is 1.95. The second kappa shape index (κ2) is 4.64. The number of benzene rings is 2. The lowest BCUT2D eigenvalue weighted by atomic mass is 9.84. The maximum absolute atomic E-state index is 6.00. The molecular weight excluding hydrogens is 248 g/mol. The van der Waals surface area contributed by atoms with Gasteiger partial charge < -0.3 is 9.47 Å². The largest absolute Gasteiger partial charge is 0.497 e. The highest BCUT2D eigenvalue weighted by atomic mass is 16.5. The van der Waals surface area contributed by atoms with Crippen molar-refractivity contribution >= 4 is 0 Å². The molecule has 0 aromatic heterocycles. The zero-order valence-electron chi connectivity index (χ0n) is 11.6. The standard InChI is InChI=1S/C18H18O2/c1-19-13-7-8-14-16(11-13)18-15(9-10-20-18)17(14)12-5-3-2-4-6-12/h2-8,11,15,17-18H,9-10H2,1H3/t15-,17+,18-/m0/s1. The summed E-state index contributed by atoms with van der Waals surface area (Å²) in [7, 11) is 1.72. The third-order valence-electron chi connectivity index (χ3n) is 4.66. The molecule has 1 saturated heterocycles. The van der Waals surface area contributed by atoms with E-state index in [-0.39, 0.29) is 6.10 Å². The van der Waals surface area contributed by atoms with Crippen LogP contribution in [0.5, 0.6) is 5.75 Å². The highest BCUT2D eigenvalue weighted by molar-refractivity contribution is 5.49. The Morgan fingerprint density at radius 1 is 1.05 bits per heavy atom. The van der Waals surface area contributed by atoms with Gasteiger partial charge in [-0.05, 0) is 35.2 Å². The second-order valence-electron chi connectivity index (χ2n) is 5.63. The molecule has 2 aliphatic rings. The minimum Gasteiger partial charge on any atom is -0.497 e. The van der Waals surface area contributed by atoms with Crippen LogP contribution < -0.4 is 4.74 Å². The van der Waals surface area contributed by atoms with Crippen LogP contribution in [0, 0.1) is 5.92 Å². The van der Waals surface area contributed by atoms with Crippen molar-refractivity contribution in [1.29, 1.82) is 0 Å². The number of hydrogen-bond donors (Lipinski definition) is 0. The number of fused-ring (bicyclic) bond motifs is 3. The van der Waals surface area contributed by atoms with Gasteiger partial charge in [0.1, 0.15) is 5.75 Å². The van der Waals surface area contributed by atoms with Gasteiger partial charge in [-0.25, -0.2) is 0 Å². The first-order valence-electron chi connectivity index (χ1n) is 7.23. The molecule has 0 N–H and O–H groups in total. The molecule has 102 valence electrons. The molecule has 0 bridgehead atoms. The van der Waals surface area contributed by atoms with E-state index >= 15 is 0 Å². The molecule has 1 aliphatic carbocycles. The molecule has 3 atom stereocenters. The van der Waals surface area contributed by atoms with Crippen LogP contribution in [0.4, 0.5) is 0 Å². The first-order chi connectivity index (χ1) is 9.88. The van der Waals surface area contributed by atoms with Crippen LogP contribution in [0.15, 0.2) is 48.5 Å². The van der Waals surface area contributed by atoms with Crippen LogP contribution in [-0.2, 0) is 4.74 Å². The zero-order valence-corrected chi connectivity index (χ0v) is 11.6. The number of methoxy groups -OCH3 is 1. The van der Waals surface area contributed by atoms with Crippen molar-refractivity contribution in [1.82, 2.24) is 0 Å². The molecule has 0 spiro atoms. The first-order valence-corrected chi connectivity index (χ1v) is 7.23. The maximum atomic E-state index is 6.00. The Hall–Kier alpha value is -1.80. The minimum absolute atomic E-state index is 0.241. The topological polar surface area (TPSA) is 18.5 Å². The Kier molecular flexibility index (Phi) is 2.78. The van der Waals surface area contributed by atoms with Crippen molar-refractivity contribution in [2.45, 2.75) is 18.4 Å². The molecule has 2 heteroatoms. The average Bonchev–Trinajstić information content (AvgIpc) is 3.08. The van der Waals surface area contributed by atoms with Crippen molar-refractivity contribution in [2.75, 3.05) is 13.7 Å². The minimum atomic E-state index is 0.241. The predicted octanol–water partition coefficient (Wildman–Crippen LogP) is 3.92. The van der Waals surface area contributed by atoms with Gasteiger partial charge in [0, 0.05) is 18.4 Å². The van der Waals surface area contributed by atoms with Crippen molar-refractivity contribution in [3.63, 3.8) is 0 Å². The number of ether oxygens (including phenoxy) is 2. The van der Waals surface area contributed by atoms with Gasteiger partial charge in [-0.3, -0.25) is 0 Å². The SMILES string of the molecule is COc1ccc2c(c1)[C@H]1OCC[C@H]1[C@@H]2c1ccccc1. The summed E-state index contributed by atoms with van der Waals surface area (Å²) in [6.07, 6.45) is 1.38. The molecular formula is C18H18O2. The summed E-state index contributed by atoms with van der Waals surface area (Å²) in [6, 6.07) is 17.2. The molecule has 0 saturated carbocycles. The lowest BCUT2D eigenvalue weighted by Crippen LogP contribution is -2.08. The Labute approximate surface area is 119 Å². The van der Waals surface area contributed by atoms with E-state index in [0.29, 0.717) is 11.8 Å². The molecule has 0 unspecified atom stereocenters. The first kappa shape index (κ1) is 12.0. The second-order valence-corrected chi connectivity index (χ2v) is 5.63. The van der Waals surface area contributed by atoms with E-state index < -0.39 is 0 Å². The summed E-state index contributed by atoms with van der Waals surface area (Å²) >= 11 is 0. The predicted molar refractivity (Wildman–Crippen MR) is 78.1 cm³/mol. The zero-order chi connectivity index (χ0) is 13.5. The van der Waals surface area contributed by atoms with Crippen molar-refractivity contribution in [3.8, 4) is 5.75 Å². The molecule has 4 rings (SSSR count). The quantitative estimate of drug-likeness (QED) is 0.820. The summed E-state index contributed by atoms with van der Waals surface area (Å²) in [6.45, 7) is 0.870. The van der Waals surface area contributed by atoms with Crippen LogP contribution in [0.25, 0.3) is 0 Å². The van der Waals surface area contributed by atoms with E-state index in [1.165, 1.54) is 16.7 Å². The van der Waals surface area contributed by atoms with E-state index in [4.69, 9.17) is 9.47 Å². The molecule has 2 aromatic rings. The van der Waals surface area contributed by atoms with Gasteiger partial charge in [0.05, 0.1) is 13.2 Å². The van der Waals surface area contributed by atoms with E-state index in [1.807, 2.05) is 0 Å². The van der Waals surface area contributed by atoms with Gasteiger partial charge in [0.2, 0.25) is 0 Å². The van der Waals surface area contributed by atoms with Crippen LogP contribution in [0.3, 0.4) is 0 Å². The van der Waals surface area contributed by atoms with Crippen LogP contribution in [-0.4, -0.2) is 13.7 Å². The van der Waals surface area contributed by atoms with E-state index in [0.717, 1.165) is 18.8 Å². The van der Waals surface area contributed by atoms with E-state index in [2.05, 4.69) is 48.5 Å². The summed E-state index contributed by atoms with van der Waals surface area (Å²) in [5, 5.41) is 0. The molecule has 0 amide bonds. The average molecular weight is 266 g/mol. The van der Waals surface area contributed by atoms with Gasteiger partial charge in [-0.15, -0.1) is 0 Å². The van der Waals surface area contributed by atoms with Gasteiger partial charge in [0.15, 0.2) is 0 Å². The summed E-state index contributed by atoms with van der Waals surface area (Å²) < 4.78 is 11.4. The van der Waals surface area contributed by atoms with Gasteiger partial charge >= 0.3 is 0 Å².